The van der Waals surface area contributed by atoms with E-state index in [2.05, 4.69) is 28.4 Å². The fourth-order valence-electron chi connectivity index (χ4n) is 4.64. The average Bonchev–Trinajstić information content (AvgIpc) is 2.82. The van der Waals surface area contributed by atoms with Crippen molar-refractivity contribution < 1.29 is 13.2 Å². The van der Waals surface area contributed by atoms with Gasteiger partial charge in [0.15, 0.2) is 0 Å². The van der Waals surface area contributed by atoms with Crippen LogP contribution in [0.3, 0.4) is 0 Å². The molecule has 178 valence electrons. The van der Waals surface area contributed by atoms with Crippen molar-refractivity contribution in [1.82, 2.24) is 14.5 Å². The summed E-state index contributed by atoms with van der Waals surface area (Å²) in [5.74, 6) is -0.361. The van der Waals surface area contributed by atoms with Gasteiger partial charge < -0.3 is 10.2 Å². The Morgan fingerprint density at radius 3 is 2.42 bits per heavy atom. The second-order valence-corrected chi connectivity index (χ2v) is 11.4. The minimum absolute atomic E-state index is 0.100. The van der Waals surface area contributed by atoms with Crippen LogP contribution < -0.4 is 5.32 Å². The molecule has 1 aliphatic carbocycles. The van der Waals surface area contributed by atoms with Gasteiger partial charge >= 0.3 is 0 Å². The van der Waals surface area contributed by atoms with Gasteiger partial charge in [0.2, 0.25) is 10.0 Å². The number of likely N-dealkylation sites (N-methyl/N-ethyl adjacent to an activating group) is 1. The molecule has 2 aromatic carbocycles. The molecule has 1 saturated heterocycles. The lowest BCUT2D eigenvalue weighted by Crippen LogP contribution is -2.47. The van der Waals surface area contributed by atoms with Crippen molar-refractivity contribution in [2.24, 2.45) is 0 Å². The molecule has 0 saturated carbocycles. The maximum Gasteiger partial charge on any atom is 0.253 e. The standard InChI is InChI=1S/C25H32ClN3O3S/c1-3-24(20-9-8-18-6-4-5-7-19(18)16-20)27-25(30)22-17-21(10-11-23(22)26)33(31,32)29-14-12-28(2)13-15-29/h8-11,16-17,24H,3-7,12-15H2,1-2H3,(H,27,30)/t24-/m0/s1. The van der Waals surface area contributed by atoms with Crippen LogP contribution in [-0.4, -0.2) is 56.8 Å². The summed E-state index contributed by atoms with van der Waals surface area (Å²) in [5, 5.41) is 3.31. The maximum absolute atomic E-state index is 13.2. The van der Waals surface area contributed by atoms with E-state index in [0.717, 1.165) is 24.8 Å². The van der Waals surface area contributed by atoms with Crippen LogP contribution in [0, 0.1) is 0 Å². The third-order valence-corrected chi connectivity index (χ3v) is 9.00. The van der Waals surface area contributed by atoms with Crippen LogP contribution in [0.15, 0.2) is 41.3 Å². The second kappa shape index (κ2) is 10.1. The van der Waals surface area contributed by atoms with Crippen LogP contribution in [0.4, 0.5) is 0 Å². The van der Waals surface area contributed by atoms with E-state index in [1.165, 1.54) is 46.5 Å². The molecule has 1 heterocycles. The summed E-state index contributed by atoms with van der Waals surface area (Å²) in [4.78, 5) is 15.4. The highest BCUT2D eigenvalue weighted by Gasteiger charge is 2.29. The average molecular weight is 490 g/mol. The smallest absolute Gasteiger partial charge is 0.253 e. The van der Waals surface area contributed by atoms with Gasteiger partial charge in [-0.25, -0.2) is 8.42 Å². The molecule has 6 nitrogen and oxygen atoms in total. The van der Waals surface area contributed by atoms with Crippen molar-refractivity contribution in [3.8, 4) is 0 Å². The molecule has 4 rings (SSSR count). The van der Waals surface area contributed by atoms with Gasteiger partial charge in [0, 0.05) is 26.2 Å². The summed E-state index contributed by atoms with van der Waals surface area (Å²) >= 11 is 6.34. The molecule has 2 aromatic rings. The predicted octanol–water partition coefficient (Wildman–Crippen LogP) is 4.04. The van der Waals surface area contributed by atoms with Crippen LogP contribution in [0.25, 0.3) is 0 Å². The van der Waals surface area contributed by atoms with Crippen molar-refractivity contribution in [3.63, 3.8) is 0 Å². The molecule has 1 aliphatic heterocycles. The summed E-state index contributed by atoms with van der Waals surface area (Å²) in [7, 11) is -1.71. The number of piperazine rings is 1. The van der Waals surface area contributed by atoms with Gasteiger partial charge in [-0.2, -0.15) is 4.31 Å². The SMILES string of the molecule is CC[C@H](NC(=O)c1cc(S(=O)(=O)N2CCN(C)CC2)ccc1Cl)c1ccc2c(c1)CCCC2. The number of aryl methyl sites for hydroxylation is 2. The number of fused-ring (bicyclic) bond motifs is 1. The van der Waals surface area contributed by atoms with Gasteiger partial charge in [-0.1, -0.05) is 36.7 Å². The summed E-state index contributed by atoms with van der Waals surface area (Å²) in [6, 6.07) is 10.7. The second-order valence-electron chi connectivity index (χ2n) is 9.02. The number of nitrogens with zero attached hydrogens (tertiary/aromatic N) is 2. The number of carbonyl (C=O) groups is 1. The normalized spacial score (nSPS) is 18.5. The first-order valence-electron chi connectivity index (χ1n) is 11.7. The minimum atomic E-state index is -3.69. The highest BCUT2D eigenvalue weighted by molar-refractivity contribution is 7.89. The van der Waals surface area contributed by atoms with Gasteiger partial charge in [-0.15, -0.1) is 0 Å². The van der Waals surface area contributed by atoms with E-state index in [0.29, 0.717) is 26.2 Å². The highest BCUT2D eigenvalue weighted by Crippen LogP contribution is 2.28. The van der Waals surface area contributed by atoms with E-state index in [-0.39, 0.29) is 27.4 Å². The van der Waals surface area contributed by atoms with Gasteiger partial charge in [-0.05, 0) is 74.0 Å². The number of rotatable bonds is 6. The van der Waals surface area contributed by atoms with Crippen molar-refractivity contribution >= 4 is 27.5 Å². The van der Waals surface area contributed by atoms with E-state index in [1.807, 2.05) is 14.0 Å². The Morgan fingerprint density at radius 2 is 1.73 bits per heavy atom. The van der Waals surface area contributed by atoms with Crippen molar-refractivity contribution in [3.05, 3.63) is 63.7 Å². The summed E-state index contributed by atoms with van der Waals surface area (Å²) in [5.41, 5.74) is 4.02. The number of carbonyl (C=O) groups excluding carboxylic acids is 1. The Balaban J connectivity index is 1.55. The minimum Gasteiger partial charge on any atom is -0.345 e. The van der Waals surface area contributed by atoms with E-state index in [1.54, 1.807) is 0 Å². The molecule has 1 N–H and O–H groups in total. The van der Waals surface area contributed by atoms with Crippen LogP contribution in [0.2, 0.25) is 5.02 Å². The molecular weight excluding hydrogens is 458 g/mol. The molecule has 33 heavy (non-hydrogen) atoms. The molecule has 1 atom stereocenters. The van der Waals surface area contributed by atoms with Crippen molar-refractivity contribution in [1.29, 1.82) is 0 Å². The Morgan fingerprint density at radius 1 is 1.03 bits per heavy atom. The monoisotopic (exact) mass is 489 g/mol. The molecule has 0 unspecified atom stereocenters. The molecule has 2 aliphatic rings. The third kappa shape index (κ3) is 5.27. The topological polar surface area (TPSA) is 69.7 Å². The number of sulfonamides is 1. The molecule has 0 bridgehead atoms. The number of hydrogen-bond donors (Lipinski definition) is 1. The molecule has 1 amide bonds. The zero-order valence-corrected chi connectivity index (χ0v) is 20.9. The first kappa shape index (κ1) is 24.2. The largest absolute Gasteiger partial charge is 0.345 e. The van der Waals surface area contributed by atoms with Crippen LogP contribution in [-0.2, 0) is 22.9 Å². The molecule has 0 spiro atoms. The fraction of sp³-hybridized carbons (Fsp3) is 0.480. The number of benzene rings is 2. The highest BCUT2D eigenvalue weighted by atomic mass is 35.5. The van der Waals surface area contributed by atoms with Crippen molar-refractivity contribution in [2.45, 2.75) is 50.0 Å². The fourth-order valence-corrected chi connectivity index (χ4v) is 6.30. The van der Waals surface area contributed by atoms with Crippen molar-refractivity contribution in [2.75, 3.05) is 33.2 Å². The van der Waals surface area contributed by atoms with Crippen LogP contribution in [0.5, 0.6) is 0 Å². The molecule has 1 fully saturated rings. The predicted molar refractivity (Wildman–Crippen MR) is 131 cm³/mol. The molecule has 0 aromatic heterocycles. The Bertz CT molecular complexity index is 1130. The van der Waals surface area contributed by atoms with Gasteiger partial charge in [0.05, 0.1) is 21.5 Å². The van der Waals surface area contributed by atoms with E-state index in [9.17, 15) is 13.2 Å². The lowest BCUT2D eigenvalue weighted by Gasteiger charge is -2.31. The lowest BCUT2D eigenvalue weighted by atomic mass is 9.88. The van der Waals surface area contributed by atoms with Crippen LogP contribution >= 0.6 is 11.6 Å². The number of hydrogen-bond acceptors (Lipinski definition) is 4. The first-order valence-corrected chi connectivity index (χ1v) is 13.5. The van der Waals surface area contributed by atoms with E-state index < -0.39 is 10.0 Å². The van der Waals surface area contributed by atoms with E-state index >= 15 is 0 Å². The van der Waals surface area contributed by atoms with Gasteiger partial charge in [-0.3, -0.25) is 4.79 Å². The number of amides is 1. The zero-order valence-electron chi connectivity index (χ0n) is 19.3. The maximum atomic E-state index is 13.2. The van der Waals surface area contributed by atoms with E-state index in [4.69, 9.17) is 11.6 Å². The number of halogens is 1. The summed E-state index contributed by atoms with van der Waals surface area (Å²) in [6.07, 6.45) is 5.34. The number of nitrogens with one attached hydrogen (secondary N) is 1. The van der Waals surface area contributed by atoms with Gasteiger partial charge in [0.1, 0.15) is 0 Å². The lowest BCUT2D eigenvalue weighted by molar-refractivity contribution is 0.0935. The summed E-state index contributed by atoms with van der Waals surface area (Å²) in [6.45, 7) is 4.25. The third-order valence-electron chi connectivity index (χ3n) is 6.77. The Hall–Kier alpha value is -1.93. The zero-order chi connectivity index (χ0) is 23.6. The first-order chi connectivity index (χ1) is 15.8. The molecule has 0 radical (unpaired) electrons. The summed E-state index contributed by atoms with van der Waals surface area (Å²) < 4.78 is 27.8. The Labute approximate surface area is 202 Å². The Kier molecular flexibility index (Phi) is 7.43. The molecular formula is C25H32ClN3O3S. The van der Waals surface area contributed by atoms with Crippen LogP contribution in [0.1, 0.15) is 59.3 Å². The quantitative estimate of drug-likeness (QED) is 0.665. The molecule has 8 heteroatoms. The van der Waals surface area contributed by atoms with Gasteiger partial charge in [0.25, 0.3) is 5.91 Å².